The normalized spacial score (nSPS) is 14.1. The maximum atomic E-state index is 11.1. The van der Waals surface area contributed by atoms with Gasteiger partial charge < -0.3 is 51.4 Å². The van der Waals surface area contributed by atoms with Gasteiger partial charge >= 0.3 is 51.4 Å². The molecule has 0 rings (SSSR count). The van der Waals surface area contributed by atoms with E-state index in [2.05, 4.69) is 0 Å². The predicted molar refractivity (Wildman–Crippen MR) is 96.2 cm³/mol. The van der Waals surface area contributed by atoms with Crippen molar-refractivity contribution in [2.45, 2.75) is 13.0 Å². The Bertz CT molecular complexity index is 581. The molecule has 0 spiro atoms. The van der Waals surface area contributed by atoms with E-state index in [0.717, 1.165) is 0 Å². The van der Waals surface area contributed by atoms with Crippen LogP contribution in [0.2, 0.25) is 0 Å². The summed E-state index contributed by atoms with van der Waals surface area (Å²) in [6, 6.07) is -1.10. The molecule has 21 heteroatoms. The summed E-state index contributed by atoms with van der Waals surface area (Å²) < 4.78 is 44.4. The van der Waals surface area contributed by atoms with Gasteiger partial charge in [-0.05, 0) is 6.92 Å². The van der Waals surface area contributed by atoms with Crippen molar-refractivity contribution in [3.63, 3.8) is 0 Å². The minimum atomic E-state index is -4.73. The minimum Gasteiger partial charge on any atom is -0.693 e. The Balaban J connectivity index is -0.000000960. The second-order valence-corrected chi connectivity index (χ2v) is 12.0. The van der Waals surface area contributed by atoms with E-state index >= 15 is 0 Å². The fourth-order valence-corrected chi connectivity index (χ4v) is 5.46. The van der Waals surface area contributed by atoms with Crippen LogP contribution in [0.15, 0.2) is 0 Å². The zero-order valence-corrected chi connectivity index (χ0v) is 20.3. The van der Waals surface area contributed by atoms with E-state index in [9.17, 15) is 18.3 Å². The Morgan fingerprint density at radius 1 is 0.643 bits per heavy atom. The van der Waals surface area contributed by atoms with Crippen molar-refractivity contribution < 1.29 is 78.5 Å². The van der Waals surface area contributed by atoms with Crippen LogP contribution in [-0.2, 0) is 39.3 Å². The second-order valence-electron chi connectivity index (χ2n) is 5.52. The summed E-state index contributed by atoms with van der Waals surface area (Å²) >= 11 is 0. The van der Waals surface area contributed by atoms with Gasteiger partial charge in [-0.1, -0.05) is 0 Å². The summed E-state index contributed by atoms with van der Waals surface area (Å²) in [5, 5.41) is 0. The van der Waals surface area contributed by atoms with Crippen molar-refractivity contribution in [3.8, 4) is 0 Å². The summed E-state index contributed by atoms with van der Waals surface area (Å²) in [5.41, 5.74) is 0. The van der Waals surface area contributed by atoms with Gasteiger partial charge in [0.15, 0.2) is 0 Å². The third kappa shape index (κ3) is 21.8. The molecular weight excluding hydrogens is 651 g/mol. The molecule has 1 unspecified atom stereocenters. The Labute approximate surface area is 175 Å². The molecule has 0 fully saturated rings. The number of hydrogen-bond donors (Lipinski definition) is 8. The summed E-state index contributed by atoms with van der Waals surface area (Å²) in [7, 11) is -18.9. The molecule has 0 aromatic rings. The SMILES string of the molecule is CC(CN(CP(=O)(O)O)CP(=O)(O)O)N(CP(=O)(O)O)CP(=O)(O)O.[NH2-].[NH2-].[Pt+2]. The molecule has 0 aromatic carbocycles. The first kappa shape index (κ1) is 36.5. The average molecular weight is 677 g/mol. The van der Waals surface area contributed by atoms with Gasteiger partial charge in [0.25, 0.3) is 0 Å². The molecule has 16 nitrogen and oxygen atoms in total. The second kappa shape index (κ2) is 13.5. The van der Waals surface area contributed by atoms with Gasteiger partial charge in [0.1, 0.15) is 25.1 Å². The van der Waals surface area contributed by atoms with Gasteiger partial charge in [-0.3, -0.25) is 28.1 Å². The summed E-state index contributed by atoms with van der Waals surface area (Å²) in [5.74, 6) is 0. The third-order valence-electron chi connectivity index (χ3n) is 2.65. The van der Waals surface area contributed by atoms with Crippen molar-refractivity contribution in [1.82, 2.24) is 9.80 Å². The van der Waals surface area contributed by atoms with Gasteiger partial charge in [-0.25, -0.2) is 0 Å². The summed E-state index contributed by atoms with van der Waals surface area (Å²) in [4.78, 5) is 73.2. The Morgan fingerprint density at radius 3 is 1.11 bits per heavy atom. The number of rotatable bonds is 11. The maximum Gasteiger partial charge on any atom is 2.00 e. The number of hydrogen-bond acceptors (Lipinski definition) is 6. The topological polar surface area (TPSA) is 304 Å². The minimum absolute atomic E-state index is 0. The molecule has 28 heavy (non-hydrogen) atoms. The molecule has 0 aliphatic heterocycles. The summed E-state index contributed by atoms with van der Waals surface area (Å²) in [6.07, 6.45) is -4.22. The van der Waals surface area contributed by atoms with Crippen molar-refractivity contribution in [2.75, 3.05) is 31.7 Å². The van der Waals surface area contributed by atoms with Crippen LogP contribution >= 0.6 is 30.4 Å². The van der Waals surface area contributed by atoms with E-state index in [1.807, 2.05) is 0 Å². The summed E-state index contributed by atoms with van der Waals surface area (Å²) in [6.45, 7) is 0.716. The molecule has 0 amide bonds. The maximum absolute atomic E-state index is 11.1. The van der Waals surface area contributed by atoms with Crippen LogP contribution in [-0.4, -0.2) is 86.7 Å². The van der Waals surface area contributed by atoms with E-state index in [4.69, 9.17) is 39.1 Å². The zero-order chi connectivity index (χ0) is 20.3. The fraction of sp³-hybridized carbons (Fsp3) is 1.00. The van der Waals surface area contributed by atoms with Crippen LogP contribution in [0, 0.1) is 0 Å². The predicted octanol–water partition coefficient (Wildman–Crippen LogP) is -0.0486. The van der Waals surface area contributed by atoms with Gasteiger partial charge in [0.2, 0.25) is 0 Å². The molecule has 0 saturated heterocycles. The van der Waals surface area contributed by atoms with E-state index in [1.165, 1.54) is 6.92 Å². The average Bonchev–Trinajstić information content (AvgIpc) is 2.18. The van der Waals surface area contributed by atoms with Gasteiger partial charge in [0.05, 0.1) is 0 Å². The third-order valence-corrected chi connectivity index (χ3v) is 5.65. The molecule has 0 heterocycles. The van der Waals surface area contributed by atoms with Crippen LogP contribution < -0.4 is 0 Å². The van der Waals surface area contributed by atoms with E-state index in [0.29, 0.717) is 9.80 Å². The van der Waals surface area contributed by atoms with Crippen molar-refractivity contribution in [2.24, 2.45) is 0 Å². The van der Waals surface area contributed by atoms with Gasteiger partial charge in [-0.2, -0.15) is 0 Å². The van der Waals surface area contributed by atoms with E-state index in [-0.39, 0.29) is 33.4 Å². The van der Waals surface area contributed by atoms with Crippen LogP contribution in [0.25, 0.3) is 12.3 Å². The number of nitrogens with two attached hydrogens (primary N) is 2. The Morgan fingerprint density at radius 2 is 0.893 bits per heavy atom. The molecule has 0 aliphatic rings. The van der Waals surface area contributed by atoms with E-state index < -0.39 is 68.1 Å². The first-order valence-corrected chi connectivity index (χ1v) is 13.6. The van der Waals surface area contributed by atoms with Crippen LogP contribution in [0.1, 0.15) is 6.92 Å². The molecular formula is C7H26N4O12P4Pt. The zero-order valence-electron chi connectivity index (χ0n) is 14.5. The quantitative estimate of drug-likeness (QED) is 0.133. The van der Waals surface area contributed by atoms with E-state index in [1.54, 1.807) is 0 Å². The van der Waals surface area contributed by atoms with Crippen LogP contribution in [0.5, 0.6) is 0 Å². The van der Waals surface area contributed by atoms with Crippen molar-refractivity contribution in [1.29, 1.82) is 0 Å². The first-order valence-electron chi connectivity index (χ1n) is 6.42. The van der Waals surface area contributed by atoms with Crippen LogP contribution in [0.4, 0.5) is 0 Å². The molecule has 0 saturated carbocycles. The fourth-order valence-electron chi connectivity index (χ4n) is 1.97. The Hall–Kier alpha value is 1.13. The van der Waals surface area contributed by atoms with Gasteiger partial charge in [-0.15, -0.1) is 0 Å². The molecule has 1 atom stereocenters. The number of nitrogens with zero attached hydrogens (tertiary/aromatic N) is 2. The molecule has 0 aromatic heterocycles. The van der Waals surface area contributed by atoms with Crippen molar-refractivity contribution >= 4 is 30.4 Å². The van der Waals surface area contributed by atoms with Gasteiger partial charge in [0, 0.05) is 12.6 Å². The molecule has 0 bridgehead atoms. The molecule has 0 aliphatic carbocycles. The first-order chi connectivity index (χ1) is 10.8. The standard InChI is InChI=1S/C7H22N2O12P4.2H2N.Pt/c1-7(9(5-24(16,17)18)6-25(19,20)21)2-8(3-22(10,11)12)4-23(13,14)15;;;/h7H,2-6H2,1H3,(H2,10,11,12)(H2,13,14,15)(H2,16,17,18)(H2,19,20,21);2*1H2;/q;2*-1;+2. The Kier molecular flexibility index (Phi) is 17.6. The monoisotopic (exact) mass is 677 g/mol. The molecule has 12 N–H and O–H groups in total. The largest absolute Gasteiger partial charge is 2.00 e. The molecule has 176 valence electrons. The van der Waals surface area contributed by atoms with Crippen molar-refractivity contribution in [3.05, 3.63) is 12.3 Å². The smallest absolute Gasteiger partial charge is 0.693 e. The molecule has 0 radical (unpaired) electrons. The van der Waals surface area contributed by atoms with Crippen LogP contribution in [0.3, 0.4) is 0 Å².